The third kappa shape index (κ3) is 4.53. The number of hydrogen-bond donors (Lipinski definition) is 1. The number of aryl methyl sites for hydroxylation is 2. The molecule has 34 heavy (non-hydrogen) atoms. The minimum atomic E-state index is -0.404. The monoisotopic (exact) mass is 456 g/mol. The SMILES string of the molecule is COc1cccc(NC2=C(c3ccc(OC(C)C)cc3)C(=O)N(c3cc(C)ccc3C)C2=O)c1. The summed E-state index contributed by atoms with van der Waals surface area (Å²) >= 11 is 0. The minimum Gasteiger partial charge on any atom is -0.497 e. The van der Waals surface area contributed by atoms with Crippen LogP contribution in [-0.4, -0.2) is 25.0 Å². The van der Waals surface area contributed by atoms with Crippen molar-refractivity contribution in [3.63, 3.8) is 0 Å². The topological polar surface area (TPSA) is 67.9 Å². The summed E-state index contributed by atoms with van der Waals surface area (Å²) in [7, 11) is 1.58. The van der Waals surface area contributed by atoms with Crippen LogP contribution in [0.3, 0.4) is 0 Å². The first-order valence-corrected chi connectivity index (χ1v) is 11.2. The van der Waals surface area contributed by atoms with Gasteiger partial charge in [0.2, 0.25) is 0 Å². The van der Waals surface area contributed by atoms with Crippen molar-refractivity contribution in [1.82, 2.24) is 0 Å². The zero-order chi connectivity index (χ0) is 24.4. The number of amides is 2. The lowest BCUT2D eigenvalue weighted by molar-refractivity contribution is -0.120. The quantitative estimate of drug-likeness (QED) is 0.476. The van der Waals surface area contributed by atoms with E-state index in [1.807, 2.05) is 76.2 Å². The maximum Gasteiger partial charge on any atom is 0.282 e. The van der Waals surface area contributed by atoms with Crippen LogP contribution in [0.25, 0.3) is 5.57 Å². The molecule has 0 spiro atoms. The fraction of sp³-hybridized carbons (Fsp3) is 0.214. The van der Waals surface area contributed by atoms with Gasteiger partial charge in [-0.05, 0) is 74.7 Å². The number of hydrogen-bond acceptors (Lipinski definition) is 5. The summed E-state index contributed by atoms with van der Waals surface area (Å²) in [6, 6.07) is 20.2. The van der Waals surface area contributed by atoms with Crippen LogP contribution < -0.4 is 19.7 Å². The van der Waals surface area contributed by atoms with E-state index in [0.717, 1.165) is 11.1 Å². The number of ether oxygens (including phenoxy) is 2. The second-order valence-corrected chi connectivity index (χ2v) is 8.53. The Hall–Kier alpha value is -4.06. The summed E-state index contributed by atoms with van der Waals surface area (Å²) in [4.78, 5) is 28.6. The highest BCUT2D eigenvalue weighted by atomic mass is 16.5. The molecule has 0 aliphatic carbocycles. The maximum absolute atomic E-state index is 13.7. The largest absolute Gasteiger partial charge is 0.497 e. The van der Waals surface area contributed by atoms with Crippen molar-refractivity contribution in [3.8, 4) is 11.5 Å². The molecule has 6 heteroatoms. The van der Waals surface area contributed by atoms with Crippen LogP contribution >= 0.6 is 0 Å². The molecule has 3 aromatic carbocycles. The minimum absolute atomic E-state index is 0.0323. The molecule has 6 nitrogen and oxygen atoms in total. The Morgan fingerprint density at radius 3 is 2.26 bits per heavy atom. The van der Waals surface area contributed by atoms with E-state index in [2.05, 4.69) is 5.32 Å². The molecule has 2 amide bonds. The van der Waals surface area contributed by atoms with Crippen molar-refractivity contribution in [3.05, 3.63) is 89.1 Å². The lowest BCUT2D eigenvalue weighted by atomic mass is 10.0. The Morgan fingerprint density at radius 1 is 0.853 bits per heavy atom. The summed E-state index contributed by atoms with van der Waals surface area (Å²) in [6.45, 7) is 7.73. The van der Waals surface area contributed by atoms with Gasteiger partial charge >= 0.3 is 0 Å². The standard InChI is InChI=1S/C28H28N2O4/c1-17(2)34-22-13-11-20(12-14-22)25-26(29-21-7-6-8-23(16-21)33-5)28(32)30(27(25)31)24-15-18(3)9-10-19(24)4/h6-17,29H,1-5H3. The third-order valence-corrected chi connectivity index (χ3v) is 5.54. The van der Waals surface area contributed by atoms with Gasteiger partial charge in [0.15, 0.2) is 0 Å². The predicted molar refractivity (Wildman–Crippen MR) is 134 cm³/mol. The molecule has 0 unspecified atom stereocenters. The molecule has 0 fully saturated rings. The first-order valence-electron chi connectivity index (χ1n) is 11.2. The smallest absolute Gasteiger partial charge is 0.282 e. The number of rotatable bonds is 7. The summed E-state index contributed by atoms with van der Waals surface area (Å²) in [5.41, 5.74) is 4.20. The second-order valence-electron chi connectivity index (χ2n) is 8.53. The average Bonchev–Trinajstić information content (AvgIpc) is 3.05. The number of methoxy groups -OCH3 is 1. The summed E-state index contributed by atoms with van der Waals surface area (Å²) < 4.78 is 11.0. The van der Waals surface area contributed by atoms with Gasteiger partial charge in [-0.2, -0.15) is 0 Å². The molecule has 1 N–H and O–H groups in total. The second kappa shape index (κ2) is 9.43. The van der Waals surface area contributed by atoms with E-state index in [0.29, 0.717) is 34.0 Å². The molecule has 0 atom stereocenters. The molecular formula is C28H28N2O4. The summed E-state index contributed by atoms with van der Waals surface area (Å²) in [6.07, 6.45) is 0.0323. The molecule has 4 rings (SSSR count). The highest BCUT2D eigenvalue weighted by Gasteiger charge is 2.41. The average molecular weight is 457 g/mol. The molecule has 1 heterocycles. The molecule has 0 bridgehead atoms. The number of nitrogens with zero attached hydrogens (tertiary/aromatic N) is 1. The fourth-order valence-corrected chi connectivity index (χ4v) is 3.91. The van der Waals surface area contributed by atoms with Crippen LogP contribution in [0.5, 0.6) is 11.5 Å². The Morgan fingerprint density at radius 2 is 1.59 bits per heavy atom. The predicted octanol–water partition coefficient (Wildman–Crippen LogP) is 5.50. The Labute approximate surface area is 199 Å². The molecule has 0 saturated heterocycles. The van der Waals surface area contributed by atoms with Gasteiger partial charge in [0.05, 0.1) is 24.5 Å². The molecule has 0 aromatic heterocycles. The van der Waals surface area contributed by atoms with Crippen molar-refractivity contribution in [2.24, 2.45) is 0 Å². The van der Waals surface area contributed by atoms with E-state index in [1.165, 1.54) is 4.90 Å². The van der Waals surface area contributed by atoms with E-state index in [9.17, 15) is 9.59 Å². The molecule has 1 aliphatic rings. The van der Waals surface area contributed by atoms with E-state index in [1.54, 1.807) is 25.3 Å². The number of carbonyl (C=O) groups excluding carboxylic acids is 2. The van der Waals surface area contributed by atoms with Crippen LogP contribution in [0.2, 0.25) is 0 Å². The summed E-state index contributed by atoms with van der Waals surface area (Å²) in [5.74, 6) is 0.566. The molecular weight excluding hydrogens is 428 g/mol. The van der Waals surface area contributed by atoms with Crippen molar-refractivity contribution in [2.75, 3.05) is 17.3 Å². The van der Waals surface area contributed by atoms with E-state index >= 15 is 0 Å². The van der Waals surface area contributed by atoms with Crippen LogP contribution in [0.4, 0.5) is 11.4 Å². The number of carbonyl (C=O) groups is 2. The van der Waals surface area contributed by atoms with Crippen LogP contribution in [-0.2, 0) is 9.59 Å². The molecule has 3 aromatic rings. The highest BCUT2D eigenvalue weighted by molar-refractivity contribution is 6.46. The zero-order valence-electron chi connectivity index (χ0n) is 20.0. The maximum atomic E-state index is 13.7. The Bertz CT molecular complexity index is 1280. The Kier molecular flexibility index (Phi) is 6.41. The van der Waals surface area contributed by atoms with Gasteiger partial charge in [-0.3, -0.25) is 9.59 Å². The first-order chi connectivity index (χ1) is 16.3. The third-order valence-electron chi connectivity index (χ3n) is 5.54. The number of imide groups is 1. The molecule has 174 valence electrons. The molecule has 0 radical (unpaired) electrons. The lowest BCUT2D eigenvalue weighted by Crippen LogP contribution is -2.33. The van der Waals surface area contributed by atoms with Crippen molar-refractivity contribution in [2.45, 2.75) is 33.8 Å². The van der Waals surface area contributed by atoms with Gasteiger partial charge in [-0.25, -0.2) is 4.90 Å². The molecule has 1 aliphatic heterocycles. The van der Waals surface area contributed by atoms with Crippen LogP contribution in [0.1, 0.15) is 30.5 Å². The van der Waals surface area contributed by atoms with Crippen LogP contribution in [0, 0.1) is 13.8 Å². The lowest BCUT2D eigenvalue weighted by Gasteiger charge is -2.18. The normalized spacial score (nSPS) is 13.6. The Balaban J connectivity index is 1.81. The van der Waals surface area contributed by atoms with Gasteiger partial charge < -0.3 is 14.8 Å². The number of benzene rings is 3. The van der Waals surface area contributed by atoms with Gasteiger partial charge in [-0.15, -0.1) is 0 Å². The number of anilines is 2. The summed E-state index contributed by atoms with van der Waals surface area (Å²) in [5, 5.41) is 3.18. The van der Waals surface area contributed by atoms with Gasteiger partial charge in [0.25, 0.3) is 11.8 Å². The molecule has 0 saturated carbocycles. The van der Waals surface area contributed by atoms with Gasteiger partial charge in [0.1, 0.15) is 17.2 Å². The van der Waals surface area contributed by atoms with Crippen molar-refractivity contribution in [1.29, 1.82) is 0 Å². The van der Waals surface area contributed by atoms with Crippen molar-refractivity contribution >= 4 is 28.8 Å². The zero-order valence-corrected chi connectivity index (χ0v) is 20.0. The number of nitrogens with one attached hydrogen (secondary N) is 1. The van der Waals surface area contributed by atoms with Crippen LogP contribution in [0.15, 0.2) is 72.4 Å². The fourth-order valence-electron chi connectivity index (χ4n) is 3.91. The van der Waals surface area contributed by atoms with E-state index in [-0.39, 0.29) is 17.7 Å². The van der Waals surface area contributed by atoms with Crippen molar-refractivity contribution < 1.29 is 19.1 Å². The first kappa shape index (κ1) is 23.1. The van der Waals surface area contributed by atoms with Gasteiger partial charge in [-0.1, -0.05) is 30.3 Å². The van der Waals surface area contributed by atoms with E-state index in [4.69, 9.17) is 9.47 Å². The van der Waals surface area contributed by atoms with Gasteiger partial charge in [0, 0.05) is 11.8 Å². The van der Waals surface area contributed by atoms with E-state index < -0.39 is 5.91 Å². The highest BCUT2D eigenvalue weighted by Crippen LogP contribution is 2.36.